The number of hydrogen-bond acceptors (Lipinski definition) is 2. The Morgan fingerprint density at radius 2 is 0.558 bits per heavy atom. The molecule has 20 aromatic rings. The van der Waals surface area contributed by atoms with E-state index in [0.717, 1.165) is 83.4 Å². The summed E-state index contributed by atoms with van der Waals surface area (Å²) in [5.41, 5.74) is 32.5. The summed E-state index contributed by atoms with van der Waals surface area (Å²) in [6, 6.07) is 122. The van der Waals surface area contributed by atoms with Gasteiger partial charge in [-0.2, -0.15) is 0 Å². The van der Waals surface area contributed by atoms with E-state index in [0.29, 0.717) is 5.82 Å². The van der Waals surface area contributed by atoms with Crippen molar-refractivity contribution >= 4 is 98.1 Å². The van der Waals surface area contributed by atoms with Crippen LogP contribution >= 0.6 is 0 Å². The molecule has 0 radical (unpaired) electrons. The molecule has 488 valence electrons. The lowest BCUT2D eigenvalue weighted by molar-refractivity contribution is 0.660. The van der Waals surface area contributed by atoms with E-state index in [1.54, 1.807) is 0 Å². The SMILES string of the molecule is CC1(C)c2ccccc2-c2ccc(-n3c4ccccc4c4ccc(-c5ccc6c7ccccc7n(-c7cccc(-c8nc(-c9ccccc9)c9cc(-n%10c%11ccccc%11c%11ccc(-c%12ccc%13c%14ccccc%14n(-c%14ccc%15c(c%14)C(C)(C)c%14ccccc%14-%15)c%13c%12)cc%11%10)ccc9n8)c7)c6c5)cc43)cc21. The first kappa shape index (κ1) is 58.6. The van der Waals surface area contributed by atoms with Crippen molar-refractivity contribution in [3.63, 3.8) is 0 Å². The van der Waals surface area contributed by atoms with Crippen molar-refractivity contribution in [1.82, 2.24) is 28.2 Å². The van der Waals surface area contributed by atoms with Crippen LogP contribution < -0.4 is 0 Å². The summed E-state index contributed by atoms with van der Waals surface area (Å²) in [6.45, 7) is 9.46. The van der Waals surface area contributed by atoms with Crippen molar-refractivity contribution in [1.29, 1.82) is 0 Å². The zero-order valence-electron chi connectivity index (χ0n) is 57.9. The summed E-state index contributed by atoms with van der Waals surface area (Å²) in [5.74, 6) is 0.663. The fourth-order valence-electron chi connectivity index (χ4n) is 18.4. The smallest absolute Gasteiger partial charge is 0.160 e. The Kier molecular flexibility index (Phi) is 12.2. The van der Waals surface area contributed by atoms with Crippen LogP contribution in [-0.2, 0) is 10.8 Å². The average molecular weight is 1330 g/mol. The number of fused-ring (bicyclic) bond motifs is 19. The van der Waals surface area contributed by atoms with Crippen LogP contribution in [0.3, 0.4) is 0 Å². The lowest BCUT2D eigenvalue weighted by Crippen LogP contribution is -2.15. The lowest BCUT2D eigenvalue weighted by atomic mass is 9.82. The Hall–Kier alpha value is -13.2. The fraction of sp³-hybridized carbons (Fsp3) is 0.0612. The highest BCUT2D eigenvalue weighted by atomic mass is 15.0. The molecule has 5 heterocycles. The summed E-state index contributed by atoms with van der Waals surface area (Å²) in [7, 11) is 0. The van der Waals surface area contributed by atoms with Crippen molar-refractivity contribution < 1.29 is 0 Å². The van der Waals surface area contributed by atoms with Crippen molar-refractivity contribution in [3.05, 3.63) is 350 Å². The second-order valence-electron chi connectivity index (χ2n) is 29.7. The van der Waals surface area contributed by atoms with Crippen molar-refractivity contribution in [2.45, 2.75) is 38.5 Å². The van der Waals surface area contributed by atoms with Crippen LogP contribution in [0.4, 0.5) is 0 Å². The average Bonchev–Trinajstić information content (AvgIpc) is 1.57. The van der Waals surface area contributed by atoms with Crippen molar-refractivity contribution in [2.75, 3.05) is 0 Å². The third-order valence-electron chi connectivity index (χ3n) is 23.4. The third kappa shape index (κ3) is 8.39. The highest BCUT2D eigenvalue weighted by Crippen LogP contribution is 2.52. The number of aromatic nitrogens is 6. The van der Waals surface area contributed by atoms with Gasteiger partial charge in [-0.1, -0.05) is 252 Å². The number of benzene rings is 15. The van der Waals surface area contributed by atoms with Gasteiger partial charge in [0.2, 0.25) is 0 Å². The van der Waals surface area contributed by atoms with Gasteiger partial charge < -0.3 is 18.3 Å². The molecule has 15 aromatic carbocycles. The quantitative estimate of drug-likeness (QED) is 0.152. The maximum atomic E-state index is 5.62. The lowest BCUT2D eigenvalue weighted by Gasteiger charge is -2.22. The Bertz CT molecular complexity index is 7110. The van der Waals surface area contributed by atoms with E-state index in [1.807, 2.05) is 0 Å². The van der Waals surface area contributed by atoms with Gasteiger partial charge in [-0.3, -0.25) is 0 Å². The summed E-state index contributed by atoms with van der Waals surface area (Å²) < 4.78 is 9.81. The van der Waals surface area contributed by atoms with E-state index in [4.69, 9.17) is 9.97 Å². The predicted octanol–water partition coefficient (Wildman–Crippen LogP) is 25.3. The molecular weight excluding hydrogens is 1260 g/mol. The number of para-hydroxylation sites is 4. The van der Waals surface area contributed by atoms with E-state index in [-0.39, 0.29) is 10.8 Å². The first-order valence-electron chi connectivity index (χ1n) is 36.2. The molecule has 0 N–H and O–H groups in total. The molecule has 104 heavy (non-hydrogen) atoms. The fourth-order valence-corrected chi connectivity index (χ4v) is 18.4. The van der Waals surface area contributed by atoms with Crippen molar-refractivity contribution in [3.8, 4) is 89.9 Å². The topological polar surface area (TPSA) is 45.5 Å². The maximum absolute atomic E-state index is 5.62. The van der Waals surface area contributed by atoms with Gasteiger partial charge in [0.25, 0.3) is 0 Å². The first-order valence-corrected chi connectivity index (χ1v) is 36.2. The van der Waals surface area contributed by atoms with E-state index in [9.17, 15) is 0 Å². The first-order chi connectivity index (χ1) is 51.1. The third-order valence-corrected chi connectivity index (χ3v) is 23.4. The number of nitrogens with zero attached hydrogens (tertiary/aromatic N) is 6. The molecule has 0 atom stereocenters. The number of rotatable bonds is 8. The minimum atomic E-state index is -0.122. The van der Waals surface area contributed by atoms with E-state index in [1.165, 1.54) is 121 Å². The number of hydrogen-bond donors (Lipinski definition) is 0. The van der Waals surface area contributed by atoms with Crippen LogP contribution in [-0.4, -0.2) is 28.2 Å². The minimum Gasteiger partial charge on any atom is -0.309 e. The van der Waals surface area contributed by atoms with E-state index >= 15 is 0 Å². The van der Waals surface area contributed by atoms with Gasteiger partial charge in [-0.05, 0) is 170 Å². The molecule has 0 saturated carbocycles. The highest BCUT2D eigenvalue weighted by Gasteiger charge is 2.37. The van der Waals surface area contributed by atoms with Gasteiger partial charge in [-0.25, -0.2) is 9.97 Å². The second kappa shape index (κ2) is 21.7. The van der Waals surface area contributed by atoms with Gasteiger partial charge in [-0.15, -0.1) is 0 Å². The summed E-state index contributed by atoms with van der Waals surface area (Å²) in [6.07, 6.45) is 0. The molecule has 2 aliphatic carbocycles. The van der Waals surface area contributed by atoms with Crippen LogP contribution in [0.5, 0.6) is 0 Å². The van der Waals surface area contributed by atoms with Crippen LogP contribution in [0.25, 0.3) is 188 Å². The monoisotopic (exact) mass is 1330 g/mol. The zero-order chi connectivity index (χ0) is 68.8. The molecule has 6 heteroatoms. The molecule has 0 fully saturated rings. The summed E-state index contributed by atoms with van der Waals surface area (Å²) >= 11 is 0. The Labute approximate surface area is 600 Å². The molecule has 2 aliphatic rings. The molecule has 5 aromatic heterocycles. The van der Waals surface area contributed by atoms with Gasteiger partial charge in [0.05, 0.1) is 55.3 Å². The van der Waals surface area contributed by atoms with Crippen LogP contribution in [0.1, 0.15) is 49.9 Å². The molecule has 0 saturated heterocycles. The molecular formula is C98H66N6. The minimum absolute atomic E-state index is 0.121. The standard InChI is InChI=1S/C98H66N6/c1-97(2)82-31-14-8-25-69(82)71-48-41-67(57-84(71)97)103-89-35-18-12-29-75(89)79-46-39-62(54-93(79)103)60-37-44-77-73-27-10-16-33-87(73)101(91(77)52-60)65-24-20-23-64(51-65)96-99-86-50-43-66(56-81(86)95(100-96)59-21-6-5-7-22-59)102-88-34-17-11-28-74(88)78-45-38-61(53-92(78)102)63-40-47-80-76-30-13-19-36-90(76)104(94(80)55-63)68-42-49-72-70-26-9-15-32-83(70)98(3,4)85(72)58-68/h5-58H,1-4H3. The van der Waals surface area contributed by atoms with Gasteiger partial charge in [0.15, 0.2) is 5.82 Å². The Morgan fingerprint density at radius 1 is 0.212 bits per heavy atom. The van der Waals surface area contributed by atoms with Gasteiger partial charge >= 0.3 is 0 Å². The van der Waals surface area contributed by atoms with Gasteiger partial charge in [0, 0.05) is 93.2 Å². The van der Waals surface area contributed by atoms with Crippen LogP contribution in [0, 0.1) is 0 Å². The largest absolute Gasteiger partial charge is 0.309 e. The summed E-state index contributed by atoms with van der Waals surface area (Å²) in [4.78, 5) is 11.1. The second-order valence-corrected chi connectivity index (χ2v) is 29.7. The molecule has 6 nitrogen and oxygen atoms in total. The molecule has 0 spiro atoms. The zero-order valence-corrected chi connectivity index (χ0v) is 57.9. The van der Waals surface area contributed by atoms with Gasteiger partial charge in [0.1, 0.15) is 0 Å². The Balaban J connectivity index is 0.651. The molecule has 0 unspecified atom stereocenters. The Morgan fingerprint density at radius 3 is 1.00 bits per heavy atom. The maximum Gasteiger partial charge on any atom is 0.160 e. The van der Waals surface area contributed by atoms with Crippen LogP contribution in [0.2, 0.25) is 0 Å². The predicted molar refractivity (Wildman–Crippen MR) is 434 cm³/mol. The molecule has 0 amide bonds. The van der Waals surface area contributed by atoms with Crippen LogP contribution in [0.15, 0.2) is 328 Å². The molecule has 0 aliphatic heterocycles. The highest BCUT2D eigenvalue weighted by molar-refractivity contribution is 6.15. The van der Waals surface area contributed by atoms with Crippen molar-refractivity contribution in [2.24, 2.45) is 0 Å². The normalized spacial score (nSPS) is 13.5. The molecule has 22 rings (SSSR count). The summed E-state index contributed by atoms with van der Waals surface area (Å²) in [5, 5.41) is 10.7. The van der Waals surface area contributed by atoms with E-state index < -0.39 is 0 Å². The van der Waals surface area contributed by atoms with E-state index in [2.05, 4.69) is 374 Å². The molecule has 0 bridgehead atoms.